The fraction of sp³-hybridized carbons (Fsp3) is 0.562. The molecular weight excluding hydrogens is 332 g/mol. The maximum Gasteiger partial charge on any atom is 0.222 e. The number of carbonyl (C=O) groups excluding carboxylic acids is 1. The van der Waals surface area contributed by atoms with Gasteiger partial charge in [0.25, 0.3) is 0 Å². The lowest BCUT2D eigenvalue weighted by atomic mass is 10.2. The molecule has 1 amide bonds. The summed E-state index contributed by atoms with van der Waals surface area (Å²) in [4.78, 5) is 16.4. The van der Waals surface area contributed by atoms with Crippen molar-refractivity contribution in [2.75, 3.05) is 39.8 Å². The zero-order valence-corrected chi connectivity index (χ0v) is 14.1. The fourth-order valence-electron chi connectivity index (χ4n) is 2.42. The van der Waals surface area contributed by atoms with E-state index in [1.165, 1.54) is 0 Å². The quantitative estimate of drug-likeness (QED) is 0.762. The normalized spacial score (nSPS) is 16.6. The highest BCUT2D eigenvalue weighted by Gasteiger charge is 2.16. The lowest BCUT2D eigenvalue weighted by molar-refractivity contribution is -0.131. The summed E-state index contributed by atoms with van der Waals surface area (Å²) in [6, 6.07) is 7.77. The maximum absolute atomic E-state index is 12.2. The van der Waals surface area contributed by atoms with E-state index < -0.39 is 0 Å². The number of nitrogens with zero attached hydrogens (tertiary/aromatic N) is 2. The molecule has 116 valence electrons. The summed E-state index contributed by atoms with van der Waals surface area (Å²) in [6.45, 7) is 4.36. The predicted molar refractivity (Wildman–Crippen MR) is 87.6 cm³/mol. The first kappa shape index (κ1) is 16.3. The average molecular weight is 355 g/mol. The number of carbonyl (C=O) groups is 1. The number of hydrogen-bond donors (Lipinski definition) is 0. The van der Waals surface area contributed by atoms with Crippen molar-refractivity contribution in [2.45, 2.75) is 19.3 Å². The fourth-order valence-corrected chi connectivity index (χ4v) is 2.80. The number of rotatable bonds is 5. The summed E-state index contributed by atoms with van der Waals surface area (Å²) in [7, 11) is 2.11. The van der Waals surface area contributed by atoms with Crippen LogP contribution in [0.2, 0.25) is 0 Å². The van der Waals surface area contributed by atoms with Crippen LogP contribution in [-0.2, 0) is 4.79 Å². The lowest BCUT2D eigenvalue weighted by Gasteiger charge is -2.20. The molecule has 1 aliphatic heterocycles. The van der Waals surface area contributed by atoms with Gasteiger partial charge in [-0.15, -0.1) is 0 Å². The first-order valence-electron chi connectivity index (χ1n) is 7.50. The maximum atomic E-state index is 12.2. The molecule has 2 rings (SSSR count). The molecule has 0 spiro atoms. The van der Waals surface area contributed by atoms with Crippen LogP contribution in [0.25, 0.3) is 0 Å². The molecule has 5 heteroatoms. The first-order chi connectivity index (χ1) is 10.1. The van der Waals surface area contributed by atoms with Crippen LogP contribution in [0.3, 0.4) is 0 Å². The van der Waals surface area contributed by atoms with Crippen LogP contribution in [-0.4, -0.2) is 55.5 Å². The molecule has 1 aliphatic rings. The van der Waals surface area contributed by atoms with Crippen molar-refractivity contribution in [3.63, 3.8) is 0 Å². The predicted octanol–water partition coefficient (Wildman–Crippen LogP) is 2.77. The molecule has 0 radical (unpaired) electrons. The molecule has 4 nitrogen and oxygen atoms in total. The smallest absolute Gasteiger partial charge is 0.222 e. The summed E-state index contributed by atoms with van der Waals surface area (Å²) in [5.74, 6) is 1.09. The van der Waals surface area contributed by atoms with Gasteiger partial charge in [0.05, 0.1) is 6.61 Å². The van der Waals surface area contributed by atoms with Crippen molar-refractivity contribution < 1.29 is 9.53 Å². The zero-order chi connectivity index (χ0) is 15.1. The molecule has 0 saturated carbocycles. The molecule has 1 fully saturated rings. The monoisotopic (exact) mass is 354 g/mol. The van der Waals surface area contributed by atoms with E-state index >= 15 is 0 Å². The van der Waals surface area contributed by atoms with Crippen LogP contribution >= 0.6 is 15.9 Å². The Bertz CT molecular complexity index is 467. The van der Waals surface area contributed by atoms with E-state index in [1.54, 1.807) is 0 Å². The van der Waals surface area contributed by atoms with Gasteiger partial charge in [0, 0.05) is 30.5 Å². The van der Waals surface area contributed by atoms with Gasteiger partial charge in [-0.1, -0.05) is 22.0 Å². The van der Waals surface area contributed by atoms with Gasteiger partial charge in [0.1, 0.15) is 5.75 Å². The van der Waals surface area contributed by atoms with Gasteiger partial charge >= 0.3 is 0 Å². The molecule has 0 aromatic heterocycles. The highest BCUT2D eigenvalue weighted by Crippen LogP contribution is 2.18. The number of likely N-dealkylation sites (N-methyl/N-ethyl adjacent to an activating group) is 1. The topological polar surface area (TPSA) is 32.8 Å². The minimum absolute atomic E-state index is 0.253. The number of ether oxygens (including phenoxy) is 1. The molecule has 1 aromatic carbocycles. The van der Waals surface area contributed by atoms with Crippen molar-refractivity contribution in [3.8, 4) is 5.75 Å². The second-order valence-corrected chi connectivity index (χ2v) is 6.36. The Hall–Kier alpha value is -1.07. The molecular formula is C16H23BrN2O2. The summed E-state index contributed by atoms with van der Waals surface area (Å²) in [5.41, 5.74) is 0. The molecule has 21 heavy (non-hydrogen) atoms. The summed E-state index contributed by atoms with van der Waals surface area (Å²) in [6.07, 6.45) is 2.40. The SMILES string of the molecule is CN1CCCN(C(=O)CCCOc2cccc(Br)c2)CC1. The van der Waals surface area contributed by atoms with Crippen molar-refractivity contribution in [2.24, 2.45) is 0 Å². The van der Waals surface area contributed by atoms with Crippen LogP contribution in [0.5, 0.6) is 5.75 Å². The largest absolute Gasteiger partial charge is 0.494 e. The highest BCUT2D eigenvalue weighted by atomic mass is 79.9. The Morgan fingerprint density at radius 2 is 2.14 bits per heavy atom. The van der Waals surface area contributed by atoms with Crippen molar-refractivity contribution in [3.05, 3.63) is 28.7 Å². The van der Waals surface area contributed by atoms with Crippen molar-refractivity contribution in [1.29, 1.82) is 0 Å². The molecule has 0 N–H and O–H groups in total. The third kappa shape index (κ3) is 5.67. The van der Waals surface area contributed by atoms with Crippen molar-refractivity contribution >= 4 is 21.8 Å². The molecule has 0 bridgehead atoms. The van der Waals surface area contributed by atoms with Crippen LogP contribution in [0, 0.1) is 0 Å². The van der Waals surface area contributed by atoms with E-state index in [0.717, 1.165) is 49.2 Å². The van der Waals surface area contributed by atoms with Gasteiger partial charge in [-0.3, -0.25) is 4.79 Å². The Kier molecular flexibility index (Phi) is 6.51. The van der Waals surface area contributed by atoms with Gasteiger partial charge in [0.15, 0.2) is 0 Å². The van der Waals surface area contributed by atoms with E-state index in [-0.39, 0.29) is 5.91 Å². The van der Waals surface area contributed by atoms with Crippen LogP contribution < -0.4 is 4.74 Å². The Morgan fingerprint density at radius 3 is 2.95 bits per heavy atom. The zero-order valence-electron chi connectivity index (χ0n) is 12.6. The summed E-state index contributed by atoms with van der Waals surface area (Å²) < 4.78 is 6.66. The molecule has 1 aromatic rings. The number of amides is 1. The number of hydrogen-bond acceptors (Lipinski definition) is 3. The van der Waals surface area contributed by atoms with Crippen molar-refractivity contribution in [1.82, 2.24) is 9.80 Å². The van der Waals surface area contributed by atoms with E-state index in [0.29, 0.717) is 13.0 Å². The molecule has 1 heterocycles. The first-order valence-corrected chi connectivity index (χ1v) is 8.29. The summed E-state index contributed by atoms with van der Waals surface area (Å²) >= 11 is 3.41. The van der Waals surface area contributed by atoms with Gasteiger partial charge in [-0.2, -0.15) is 0 Å². The molecule has 0 unspecified atom stereocenters. The summed E-state index contributed by atoms with van der Waals surface area (Å²) in [5, 5.41) is 0. The Labute approximate surface area is 135 Å². The second kappa shape index (κ2) is 8.39. The van der Waals surface area contributed by atoms with E-state index in [9.17, 15) is 4.79 Å². The molecule has 0 atom stereocenters. The van der Waals surface area contributed by atoms with Crippen LogP contribution in [0.1, 0.15) is 19.3 Å². The van der Waals surface area contributed by atoms with Gasteiger partial charge in [-0.05, 0) is 44.6 Å². The van der Waals surface area contributed by atoms with Crippen LogP contribution in [0.4, 0.5) is 0 Å². The number of halogens is 1. The minimum atomic E-state index is 0.253. The van der Waals surface area contributed by atoms with E-state index in [4.69, 9.17) is 4.74 Å². The van der Waals surface area contributed by atoms with Gasteiger partial charge in [-0.25, -0.2) is 0 Å². The third-order valence-electron chi connectivity index (χ3n) is 3.67. The third-order valence-corrected chi connectivity index (χ3v) is 4.17. The standard InChI is InChI=1S/C16H23BrN2O2/c1-18-8-4-9-19(11-10-18)16(20)7-3-12-21-15-6-2-5-14(17)13-15/h2,5-6,13H,3-4,7-12H2,1H3. The van der Waals surface area contributed by atoms with Gasteiger partial charge < -0.3 is 14.5 Å². The minimum Gasteiger partial charge on any atom is -0.494 e. The lowest BCUT2D eigenvalue weighted by Crippen LogP contribution is -2.34. The van der Waals surface area contributed by atoms with Gasteiger partial charge in [0.2, 0.25) is 5.91 Å². The molecule has 1 saturated heterocycles. The van der Waals surface area contributed by atoms with E-state index in [2.05, 4.69) is 27.9 Å². The molecule has 0 aliphatic carbocycles. The second-order valence-electron chi connectivity index (χ2n) is 5.45. The van der Waals surface area contributed by atoms with E-state index in [1.807, 2.05) is 29.2 Å². The Balaban J connectivity index is 1.67. The average Bonchev–Trinajstić information content (AvgIpc) is 2.68. The number of benzene rings is 1. The van der Waals surface area contributed by atoms with Crippen LogP contribution in [0.15, 0.2) is 28.7 Å². The highest BCUT2D eigenvalue weighted by molar-refractivity contribution is 9.10. The Morgan fingerprint density at radius 1 is 1.29 bits per heavy atom.